The normalized spacial score (nSPS) is 19.8. The highest BCUT2D eigenvalue weighted by molar-refractivity contribution is 6.37. The molecule has 1 heterocycles. The minimum atomic E-state index is -1.13. The maximum Gasteiger partial charge on any atom is 0.328 e. The van der Waals surface area contributed by atoms with Gasteiger partial charge in [-0.25, -0.2) is 9.59 Å². The zero-order chi connectivity index (χ0) is 35.2. The Morgan fingerprint density at radius 1 is 0.848 bits per heavy atom. The van der Waals surface area contributed by atoms with Gasteiger partial charge in [0.25, 0.3) is 5.91 Å². The summed E-state index contributed by atoms with van der Waals surface area (Å²) in [4.78, 5) is 78.7. The quantitative estimate of drug-likeness (QED) is 0.173. The van der Waals surface area contributed by atoms with Gasteiger partial charge < -0.3 is 31.3 Å². The molecule has 2 aliphatic carbocycles. The van der Waals surface area contributed by atoms with Gasteiger partial charge in [-0.1, -0.05) is 75.2 Å². The Morgan fingerprint density at radius 3 is 1.93 bits per heavy atom. The maximum absolute atomic E-state index is 13.9. The number of hydrogen-bond acceptors (Lipinski definition) is 7. The molecule has 12 heteroatoms. The number of nitrogens with zero attached hydrogens (tertiary/aromatic N) is 1. The number of rotatable bonds is 13. The lowest BCUT2D eigenvalue weighted by Crippen LogP contribution is -2.61. The Morgan fingerprint density at radius 2 is 1.43 bits per heavy atom. The second-order valence-electron chi connectivity index (χ2n) is 13.6. The number of amides is 5. The number of hydrogen-bond donors (Lipinski definition) is 4. The third kappa shape index (κ3) is 12.5. The van der Waals surface area contributed by atoms with Crippen molar-refractivity contribution < 1.29 is 33.5 Å². The molecule has 0 aromatic rings. The van der Waals surface area contributed by atoms with Gasteiger partial charge in [-0.3, -0.25) is 19.2 Å². The molecule has 3 aliphatic rings. The van der Waals surface area contributed by atoms with Gasteiger partial charge in [0.15, 0.2) is 0 Å². The molecule has 5 amide bonds. The summed E-state index contributed by atoms with van der Waals surface area (Å²) in [7, 11) is 0. The summed E-state index contributed by atoms with van der Waals surface area (Å²) < 4.78 is 5.52. The highest BCUT2D eigenvalue weighted by atomic mass is 16.5. The first-order valence-corrected chi connectivity index (χ1v) is 17.4. The molecule has 0 bridgehead atoms. The average Bonchev–Trinajstić information content (AvgIpc) is 3.43. The van der Waals surface area contributed by atoms with Gasteiger partial charge in [0.1, 0.15) is 18.1 Å². The predicted octanol–water partition coefficient (Wildman–Crippen LogP) is 3.84. The Balaban J connectivity index is 0.00000254. The number of nitrogens with one attached hydrogen (secondary N) is 3. The minimum Gasteiger partial charge on any atom is -0.464 e. The van der Waals surface area contributed by atoms with E-state index in [2.05, 4.69) is 16.0 Å². The number of likely N-dealkylation sites (tertiary alicyclic amines) is 1. The van der Waals surface area contributed by atoms with Crippen molar-refractivity contribution in [3.63, 3.8) is 0 Å². The van der Waals surface area contributed by atoms with E-state index in [1.165, 1.54) is 4.90 Å². The van der Waals surface area contributed by atoms with Crippen LogP contribution in [0.25, 0.3) is 0 Å². The van der Waals surface area contributed by atoms with Crippen molar-refractivity contribution in [2.75, 3.05) is 13.2 Å². The summed E-state index contributed by atoms with van der Waals surface area (Å²) in [6, 6.07) is -4.40. The second-order valence-corrected chi connectivity index (χ2v) is 13.6. The highest BCUT2D eigenvalue weighted by Crippen LogP contribution is 2.31. The van der Waals surface area contributed by atoms with Crippen LogP contribution >= 0.6 is 0 Å². The van der Waals surface area contributed by atoms with Crippen LogP contribution in [0, 0.1) is 23.2 Å². The Hall–Kier alpha value is -3.18. The number of ether oxygens (including phenoxy) is 1. The van der Waals surface area contributed by atoms with Crippen LogP contribution in [0.5, 0.6) is 0 Å². The molecule has 46 heavy (non-hydrogen) atoms. The van der Waals surface area contributed by atoms with Gasteiger partial charge in [-0.05, 0) is 68.1 Å². The third-order valence-corrected chi connectivity index (χ3v) is 8.38. The second kappa shape index (κ2) is 19.5. The maximum atomic E-state index is 13.9. The zero-order valence-electron chi connectivity index (χ0n) is 29.7. The summed E-state index contributed by atoms with van der Waals surface area (Å²) in [5.41, 5.74) is 4.47. The number of primary amides is 1. The lowest BCUT2D eigenvalue weighted by molar-refractivity contribution is -0.147. The first kappa shape index (κ1) is 40.8. The van der Waals surface area contributed by atoms with Gasteiger partial charge in [0.05, 0.1) is 12.6 Å². The Bertz CT molecular complexity index is 1030. The van der Waals surface area contributed by atoms with Crippen molar-refractivity contribution >= 4 is 35.5 Å². The minimum absolute atomic E-state index is 0.00643. The van der Waals surface area contributed by atoms with Crippen molar-refractivity contribution in [3.05, 3.63) is 0 Å². The highest BCUT2D eigenvalue weighted by Gasteiger charge is 2.43. The van der Waals surface area contributed by atoms with Crippen molar-refractivity contribution in [2.45, 2.75) is 144 Å². The topological polar surface area (TPSA) is 177 Å². The van der Waals surface area contributed by atoms with E-state index >= 15 is 0 Å². The molecule has 2 saturated carbocycles. The van der Waals surface area contributed by atoms with Crippen LogP contribution in [0.15, 0.2) is 0 Å². The van der Waals surface area contributed by atoms with Gasteiger partial charge >= 0.3 is 12.0 Å². The fourth-order valence-corrected chi connectivity index (χ4v) is 5.81. The van der Waals surface area contributed by atoms with Gasteiger partial charge in [-0.2, -0.15) is 0 Å². The van der Waals surface area contributed by atoms with Gasteiger partial charge in [0.2, 0.25) is 17.6 Å². The van der Waals surface area contributed by atoms with Crippen LogP contribution < -0.4 is 21.7 Å². The third-order valence-electron chi connectivity index (χ3n) is 8.38. The Kier molecular flexibility index (Phi) is 17.3. The number of carbonyl (C=O) groups is 6. The first-order chi connectivity index (χ1) is 21.7. The van der Waals surface area contributed by atoms with E-state index in [-0.39, 0.29) is 18.3 Å². The molecule has 0 aromatic heterocycles. The van der Waals surface area contributed by atoms with Crippen LogP contribution in [0.3, 0.4) is 0 Å². The largest absolute Gasteiger partial charge is 0.464 e. The summed E-state index contributed by atoms with van der Waals surface area (Å²) in [6.07, 6.45) is 6.82. The molecule has 0 spiro atoms. The number of carbonyl (C=O) groups excluding carboxylic acids is 6. The molecule has 4 unspecified atom stereocenters. The van der Waals surface area contributed by atoms with Crippen molar-refractivity contribution in [3.8, 4) is 0 Å². The number of nitrogens with two attached hydrogens (primary N) is 1. The van der Waals surface area contributed by atoms with Crippen LogP contribution in [0.2, 0.25) is 0 Å². The van der Waals surface area contributed by atoms with Gasteiger partial charge in [-0.15, -0.1) is 0 Å². The molecule has 4 atom stereocenters. The standard InChI is InChI=1S/C30H49N5O7.2C2H6/c1-17(2)15-20(23(36)25(31)37)32-26(38)21-11-8-14-35(21)27(39)24(30(3,4)5)34-29(41)33-22(19-9-6-7-10-19)28(40)42-16-18-12-13-18;2*1-2/h17-22,24H,6-16H2,1-5H3,(H2,31,37)(H,32,38)(H2,33,34,41);2*1-2H3. The molecule has 0 aromatic carbocycles. The van der Waals surface area contributed by atoms with Gasteiger partial charge in [0, 0.05) is 6.54 Å². The van der Waals surface area contributed by atoms with Crippen molar-refractivity contribution in [1.82, 2.24) is 20.9 Å². The number of esters is 1. The summed E-state index contributed by atoms with van der Waals surface area (Å²) in [6.45, 7) is 17.8. The van der Waals surface area contributed by atoms with E-state index < -0.39 is 65.1 Å². The molecular formula is C34H61N5O7. The lowest BCUT2D eigenvalue weighted by Gasteiger charge is -2.36. The van der Waals surface area contributed by atoms with Crippen LogP contribution in [0.1, 0.15) is 120 Å². The number of urea groups is 1. The van der Waals surface area contributed by atoms with E-state index in [0.717, 1.165) is 38.5 Å². The van der Waals surface area contributed by atoms with E-state index in [1.807, 2.05) is 62.3 Å². The van der Waals surface area contributed by atoms with E-state index in [4.69, 9.17) is 10.5 Å². The SMILES string of the molecule is CC.CC.CC(C)CC(NC(=O)C1CCCN1C(=O)C(NC(=O)NC(C(=O)OCC1CC1)C1CCCC1)C(C)(C)C)C(=O)C(N)=O. The molecule has 3 fully saturated rings. The smallest absolute Gasteiger partial charge is 0.328 e. The fraction of sp³-hybridized carbons (Fsp3) is 0.824. The molecule has 1 saturated heterocycles. The molecule has 264 valence electrons. The molecule has 12 nitrogen and oxygen atoms in total. The first-order valence-electron chi connectivity index (χ1n) is 17.4. The lowest BCUT2D eigenvalue weighted by atomic mass is 9.85. The monoisotopic (exact) mass is 651 g/mol. The molecule has 0 radical (unpaired) electrons. The fourth-order valence-electron chi connectivity index (χ4n) is 5.81. The number of Topliss-reactive ketones (excluding diaryl/α,β-unsaturated/α-hetero) is 1. The van der Waals surface area contributed by atoms with E-state index in [1.54, 1.807) is 0 Å². The molecule has 3 rings (SSSR count). The van der Waals surface area contributed by atoms with Crippen LogP contribution in [0.4, 0.5) is 4.79 Å². The van der Waals surface area contributed by atoms with Crippen LogP contribution in [-0.4, -0.2) is 77.7 Å². The van der Waals surface area contributed by atoms with Crippen molar-refractivity contribution in [2.24, 2.45) is 28.9 Å². The zero-order valence-corrected chi connectivity index (χ0v) is 29.7. The summed E-state index contributed by atoms with van der Waals surface area (Å²) in [5.74, 6) is -3.06. The number of ketones is 1. The summed E-state index contributed by atoms with van der Waals surface area (Å²) in [5, 5.41) is 8.21. The average molecular weight is 652 g/mol. The molecule has 5 N–H and O–H groups in total. The molecule has 1 aliphatic heterocycles. The van der Waals surface area contributed by atoms with Crippen molar-refractivity contribution in [1.29, 1.82) is 0 Å². The van der Waals surface area contributed by atoms with E-state index in [0.29, 0.717) is 31.9 Å². The molecular weight excluding hydrogens is 590 g/mol. The predicted molar refractivity (Wildman–Crippen MR) is 177 cm³/mol. The van der Waals surface area contributed by atoms with Crippen LogP contribution in [-0.2, 0) is 28.7 Å². The van der Waals surface area contributed by atoms with E-state index in [9.17, 15) is 28.8 Å². The summed E-state index contributed by atoms with van der Waals surface area (Å²) >= 11 is 0. The Labute approximate surface area is 276 Å².